The van der Waals surface area contributed by atoms with Crippen LogP contribution in [0.1, 0.15) is 0 Å². The SMILES string of the molecule is COC(=O)Nc1ccc(S(=O)(=O)Cl)c(Cl)c1. The first-order valence-electron chi connectivity index (χ1n) is 3.94. The minimum absolute atomic E-state index is 0.0797. The average Bonchev–Trinajstić information content (AvgIpc) is 2.15. The maximum atomic E-state index is 11.0. The van der Waals surface area contributed by atoms with Crippen LogP contribution in [-0.4, -0.2) is 21.6 Å². The van der Waals surface area contributed by atoms with E-state index in [1.54, 1.807) is 0 Å². The Morgan fingerprint density at radius 2 is 2.06 bits per heavy atom. The van der Waals surface area contributed by atoms with Crippen molar-refractivity contribution >= 4 is 43.1 Å². The number of carbonyl (C=O) groups is 1. The number of rotatable bonds is 2. The average molecular weight is 284 g/mol. The second kappa shape index (κ2) is 4.90. The van der Waals surface area contributed by atoms with Crippen LogP contribution in [0, 0.1) is 0 Å². The number of hydrogen-bond acceptors (Lipinski definition) is 4. The molecular formula is C8H7Cl2NO4S. The normalized spacial score (nSPS) is 10.9. The molecule has 0 aliphatic heterocycles. The molecular weight excluding hydrogens is 277 g/mol. The Hall–Kier alpha value is -0.980. The van der Waals surface area contributed by atoms with E-state index in [0.29, 0.717) is 5.69 Å². The summed E-state index contributed by atoms with van der Waals surface area (Å²) in [7, 11) is 2.44. The molecule has 0 heterocycles. The zero-order valence-corrected chi connectivity index (χ0v) is 10.4. The first kappa shape index (κ1) is 13.1. The van der Waals surface area contributed by atoms with Gasteiger partial charge in [0.15, 0.2) is 0 Å². The Balaban J connectivity index is 3.05. The Kier molecular flexibility index (Phi) is 4.01. The monoisotopic (exact) mass is 283 g/mol. The molecule has 0 saturated heterocycles. The van der Waals surface area contributed by atoms with Gasteiger partial charge in [0.05, 0.1) is 12.1 Å². The summed E-state index contributed by atoms with van der Waals surface area (Å²) in [4.78, 5) is 10.6. The number of methoxy groups -OCH3 is 1. The predicted octanol–water partition coefficient (Wildman–Crippen LogP) is 2.45. The molecule has 16 heavy (non-hydrogen) atoms. The molecule has 0 radical (unpaired) electrons. The summed E-state index contributed by atoms with van der Waals surface area (Å²) in [6, 6.07) is 3.79. The number of hydrogen-bond donors (Lipinski definition) is 1. The minimum Gasteiger partial charge on any atom is -0.453 e. The lowest BCUT2D eigenvalue weighted by atomic mass is 10.3. The molecule has 0 atom stereocenters. The fourth-order valence-electron chi connectivity index (χ4n) is 0.945. The van der Waals surface area contributed by atoms with E-state index in [0.717, 1.165) is 0 Å². The maximum Gasteiger partial charge on any atom is 0.411 e. The fourth-order valence-corrected chi connectivity index (χ4v) is 2.48. The Labute approximate surface area is 102 Å². The van der Waals surface area contributed by atoms with Gasteiger partial charge in [-0.1, -0.05) is 11.6 Å². The molecule has 0 aliphatic carbocycles. The first-order valence-corrected chi connectivity index (χ1v) is 6.62. The van der Waals surface area contributed by atoms with Crippen molar-refractivity contribution < 1.29 is 17.9 Å². The summed E-state index contributed by atoms with van der Waals surface area (Å²) in [5.74, 6) is 0. The van der Waals surface area contributed by atoms with Crippen LogP contribution in [0.15, 0.2) is 23.1 Å². The number of benzene rings is 1. The van der Waals surface area contributed by atoms with Gasteiger partial charge in [0.1, 0.15) is 4.90 Å². The van der Waals surface area contributed by atoms with Gasteiger partial charge in [0, 0.05) is 16.4 Å². The van der Waals surface area contributed by atoms with Crippen molar-refractivity contribution in [1.29, 1.82) is 0 Å². The smallest absolute Gasteiger partial charge is 0.411 e. The van der Waals surface area contributed by atoms with Crippen LogP contribution in [0.2, 0.25) is 5.02 Å². The molecule has 1 amide bonds. The lowest BCUT2D eigenvalue weighted by Crippen LogP contribution is -2.10. The highest BCUT2D eigenvalue weighted by Gasteiger charge is 2.15. The van der Waals surface area contributed by atoms with E-state index in [1.807, 2.05) is 0 Å². The zero-order chi connectivity index (χ0) is 12.3. The molecule has 5 nitrogen and oxygen atoms in total. The van der Waals surface area contributed by atoms with Gasteiger partial charge < -0.3 is 4.74 Å². The maximum absolute atomic E-state index is 11.0. The molecule has 0 fully saturated rings. The molecule has 0 bridgehead atoms. The number of ether oxygens (including phenoxy) is 1. The van der Waals surface area contributed by atoms with E-state index >= 15 is 0 Å². The summed E-state index contributed by atoms with van der Waals surface area (Å²) in [6.45, 7) is 0. The highest BCUT2D eigenvalue weighted by molar-refractivity contribution is 8.13. The Bertz CT molecular complexity index is 515. The van der Waals surface area contributed by atoms with Crippen molar-refractivity contribution in [1.82, 2.24) is 0 Å². The molecule has 0 spiro atoms. The van der Waals surface area contributed by atoms with Gasteiger partial charge >= 0.3 is 6.09 Å². The van der Waals surface area contributed by atoms with Crippen molar-refractivity contribution in [3.8, 4) is 0 Å². The molecule has 1 aromatic rings. The van der Waals surface area contributed by atoms with E-state index in [9.17, 15) is 13.2 Å². The van der Waals surface area contributed by atoms with Gasteiger partial charge in [0.25, 0.3) is 9.05 Å². The number of amides is 1. The first-order chi connectivity index (χ1) is 7.34. The number of carbonyl (C=O) groups excluding carboxylic acids is 1. The van der Waals surface area contributed by atoms with E-state index < -0.39 is 15.1 Å². The third-order valence-electron chi connectivity index (χ3n) is 1.63. The van der Waals surface area contributed by atoms with E-state index in [4.69, 9.17) is 22.3 Å². The van der Waals surface area contributed by atoms with Crippen LogP contribution in [0.3, 0.4) is 0 Å². The Morgan fingerprint density at radius 1 is 1.44 bits per heavy atom. The van der Waals surface area contributed by atoms with Crippen molar-refractivity contribution in [2.45, 2.75) is 4.90 Å². The fraction of sp³-hybridized carbons (Fsp3) is 0.125. The summed E-state index contributed by atoms with van der Waals surface area (Å²) >= 11 is 5.68. The largest absolute Gasteiger partial charge is 0.453 e. The Morgan fingerprint density at radius 3 is 2.50 bits per heavy atom. The van der Waals surface area contributed by atoms with E-state index in [1.165, 1.54) is 25.3 Å². The standard InChI is InChI=1S/C8H7Cl2NO4S/c1-15-8(12)11-5-2-3-7(6(9)4-5)16(10,13)14/h2-4H,1H3,(H,11,12). The molecule has 0 aromatic heterocycles. The second-order valence-electron chi connectivity index (χ2n) is 2.70. The predicted molar refractivity (Wildman–Crippen MR) is 60.5 cm³/mol. The molecule has 0 unspecified atom stereocenters. The van der Waals surface area contributed by atoms with E-state index in [2.05, 4.69) is 10.1 Å². The van der Waals surface area contributed by atoms with Gasteiger partial charge in [-0.15, -0.1) is 0 Å². The van der Waals surface area contributed by atoms with Gasteiger partial charge in [-0.2, -0.15) is 0 Å². The second-order valence-corrected chi connectivity index (χ2v) is 5.64. The van der Waals surface area contributed by atoms with Gasteiger partial charge in [-0.25, -0.2) is 13.2 Å². The van der Waals surface area contributed by atoms with Crippen LogP contribution in [0.25, 0.3) is 0 Å². The van der Waals surface area contributed by atoms with Crippen molar-refractivity contribution in [3.05, 3.63) is 23.2 Å². The highest BCUT2D eigenvalue weighted by atomic mass is 35.7. The summed E-state index contributed by atoms with van der Waals surface area (Å²) in [5.41, 5.74) is 0.306. The summed E-state index contributed by atoms with van der Waals surface area (Å²) in [6.07, 6.45) is -0.683. The summed E-state index contributed by atoms with van der Waals surface area (Å²) < 4.78 is 26.4. The van der Waals surface area contributed by atoms with Crippen LogP contribution >= 0.6 is 22.3 Å². The molecule has 1 aromatic carbocycles. The van der Waals surface area contributed by atoms with Crippen LogP contribution in [0.4, 0.5) is 10.5 Å². The van der Waals surface area contributed by atoms with Crippen LogP contribution in [-0.2, 0) is 13.8 Å². The van der Waals surface area contributed by atoms with Gasteiger partial charge in [0.2, 0.25) is 0 Å². The third kappa shape index (κ3) is 3.26. The molecule has 0 saturated carbocycles. The lowest BCUT2D eigenvalue weighted by Gasteiger charge is -2.05. The molecule has 0 aliphatic rings. The topological polar surface area (TPSA) is 72.5 Å². The quantitative estimate of drug-likeness (QED) is 0.846. The number of halogens is 2. The summed E-state index contributed by atoms with van der Waals surface area (Å²) in [5, 5.41) is 2.25. The molecule has 8 heteroatoms. The van der Waals surface area contributed by atoms with Crippen LogP contribution in [0.5, 0.6) is 0 Å². The molecule has 88 valence electrons. The van der Waals surface area contributed by atoms with Gasteiger partial charge in [-0.3, -0.25) is 5.32 Å². The molecule has 1 rings (SSSR count). The molecule has 1 N–H and O–H groups in total. The minimum atomic E-state index is -3.89. The van der Waals surface area contributed by atoms with Gasteiger partial charge in [-0.05, 0) is 18.2 Å². The lowest BCUT2D eigenvalue weighted by molar-refractivity contribution is 0.187. The van der Waals surface area contributed by atoms with Crippen molar-refractivity contribution in [3.63, 3.8) is 0 Å². The van der Waals surface area contributed by atoms with Crippen LogP contribution < -0.4 is 5.32 Å². The third-order valence-corrected chi connectivity index (χ3v) is 3.43. The highest BCUT2D eigenvalue weighted by Crippen LogP contribution is 2.27. The zero-order valence-electron chi connectivity index (χ0n) is 8.03. The number of nitrogens with one attached hydrogen (secondary N) is 1. The number of anilines is 1. The van der Waals surface area contributed by atoms with E-state index in [-0.39, 0.29) is 9.92 Å². The van der Waals surface area contributed by atoms with Crippen molar-refractivity contribution in [2.75, 3.05) is 12.4 Å². The van der Waals surface area contributed by atoms with Crippen molar-refractivity contribution in [2.24, 2.45) is 0 Å².